The second kappa shape index (κ2) is 9.24. The molecule has 1 saturated heterocycles. The third-order valence-electron chi connectivity index (χ3n) is 5.87. The highest BCUT2D eigenvalue weighted by atomic mass is 16.6. The number of rotatable bonds is 4. The fourth-order valence-electron chi connectivity index (χ4n) is 4.10. The zero-order chi connectivity index (χ0) is 22.6. The van der Waals surface area contributed by atoms with E-state index in [4.69, 9.17) is 9.47 Å². The molecule has 2 aliphatic heterocycles. The van der Waals surface area contributed by atoms with Gasteiger partial charge in [-0.2, -0.15) is 0 Å². The zero-order valence-corrected chi connectivity index (χ0v) is 18.1. The topological polar surface area (TPSA) is 71.1 Å². The highest BCUT2D eigenvalue weighted by Gasteiger charge is 2.33. The van der Waals surface area contributed by atoms with Crippen molar-refractivity contribution in [2.45, 2.75) is 6.10 Å². The molecule has 2 aliphatic rings. The number of amides is 2. The lowest BCUT2D eigenvalue weighted by Crippen LogP contribution is -2.55. The molecule has 0 aromatic heterocycles. The molecule has 3 aromatic rings. The van der Waals surface area contributed by atoms with Crippen LogP contribution < -0.4 is 14.8 Å². The smallest absolute Gasteiger partial charge is 0.267 e. The Balaban J connectivity index is 1.21. The molecule has 2 amide bonds. The summed E-state index contributed by atoms with van der Waals surface area (Å²) in [5.74, 6) is 1.08. The van der Waals surface area contributed by atoms with Crippen LogP contribution in [-0.2, 0) is 4.79 Å². The molecule has 0 saturated carbocycles. The van der Waals surface area contributed by atoms with Gasteiger partial charge in [0.05, 0.1) is 11.3 Å². The van der Waals surface area contributed by atoms with E-state index in [1.165, 1.54) is 0 Å². The molecule has 7 heteroatoms. The fourth-order valence-corrected chi connectivity index (χ4v) is 4.10. The summed E-state index contributed by atoms with van der Waals surface area (Å²) in [6, 6.07) is 24.6. The van der Waals surface area contributed by atoms with E-state index in [9.17, 15) is 9.59 Å². The van der Waals surface area contributed by atoms with Gasteiger partial charge in [-0.05, 0) is 36.4 Å². The Morgan fingerprint density at radius 2 is 1.39 bits per heavy atom. The molecule has 168 valence electrons. The number of fused-ring (bicyclic) bond motifs is 1. The number of para-hydroxylation sites is 4. The van der Waals surface area contributed by atoms with Crippen LogP contribution in [0.4, 0.5) is 11.4 Å². The SMILES string of the molecule is O=C(c1ccccc1Nc1ccccc1)N1CCN(C(=O)C2COc3ccccc3O2)CC1. The number of piperazine rings is 1. The van der Waals surface area contributed by atoms with Gasteiger partial charge in [0.15, 0.2) is 11.5 Å². The number of nitrogens with zero attached hydrogens (tertiary/aromatic N) is 2. The Hall–Kier alpha value is -4.00. The number of hydrogen-bond donors (Lipinski definition) is 1. The first kappa shape index (κ1) is 20.9. The second-order valence-electron chi connectivity index (χ2n) is 8.02. The minimum absolute atomic E-state index is 0.0488. The van der Waals surface area contributed by atoms with E-state index in [0.29, 0.717) is 43.2 Å². The molecule has 0 spiro atoms. The fraction of sp³-hybridized carbons (Fsp3) is 0.231. The van der Waals surface area contributed by atoms with Crippen molar-refractivity contribution in [3.63, 3.8) is 0 Å². The minimum atomic E-state index is -0.669. The van der Waals surface area contributed by atoms with E-state index in [1.807, 2.05) is 72.8 Å². The molecule has 1 unspecified atom stereocenters. The number of carbonyl (C=O) groups excluding carboxylic acids is 2. The van der Waals surface area contributed by atoms with Crippen molar-refractivity contribution in [3.05, 3.63) is 84.4 Å². The average Bonchev–Trinajstić information content (AvgIpc) is 2.88. The van der Waals surface area contributed by atoms with Crippen molar-refractivity contribution in [1.82, 2.24) is 9.80 Å². The molecular weight excluding hydrogens is 418 g/mol. The molecule has 2 heterocycles. The van der Waals surface area contributed by atoms with Crippen LogP contribution in [0.1, 0.15) is 10.4 Å². The third kappa shape index (κ3) is 4.48. The normalized spacial score (nSPS) is 17.4. The molecule has 0 bridgehead atoms. The van der Waals surface area contributed by atoms with Crippen LogP contribution in [0.2, 0.25) is 0 Å². The van der Waals surface area contributed by atoms with Gasteiger partial charge >= 0.3 is 0 Å². The summed E-state index contributed by atoms with van der Waals surface area (Å²) in [7, 11) is 0. The summed E-state index contributed by atoms with van der Waals surface area (Å²) in [5.41, 5.74) is 2.30. The first-order chi connectivity index (χ1) is 16.2. The Kier molecular flexibility index (Phi) is 5.85. The lowest BCUT2D eigenvalue weighted by atomic mass is 10.1. The van der Waals surface area contributed by atoms with Crippen molar-refractivity contribution in [3.8, 4) is 11.5 Å². The highest BCUT2D eigenvalue weighted by molar-refractivity contribution is 6.00. The molecule has 33 heavy (non-hydrogen) atoms. The molecular formula is C26H25N3O4. The van der Waals surface area contributed by atoms with E-state index in [1.54, 1.807) is 15.9 Å². The number of ether oxygens (including phenoxy) is 2. The standard InChI is InChI=1S/C26H25N3O4/c30-25(20-10-4-5-11-21(20)27-19-8-2-1-3-9-19)28-14-16-29(17-15-28)26(31)24-18-32-22-12-6-7-13-23(22)33-24/h1-13,24,27H,14-18H2. The van der Waals surface area contributed by atoms with Crippen molar-refractivity contribution in [2.75, 3.05) is 38.1 Å². The van der Waals surface area contributed by atoms with Gasteiger partial charge in [-0.15, -0.1) is 0 Å². The molecule has 7 nitrogen and oxygen atoms in total. The number of nitrogens with one attached hydrogen (secondary N) is 1. The maximum absolute atomic E-state index is 13.3. The van der Waals surface area contributed by atoms with Gasteiger partial charge in [-0.1, -0.05) is 42.5 Å². The van der Waals surface area contributed by atoms with Gasteiger partial charge in [0, 0.05) is 31.9 Å². The van der Waals surface area contributed by atoms with E-state index < -0.39 is 6.10 Å². The lowest BCUT2D eigenvalue weighted by molar-refractivity contribution is -0.142. The largest absolute Gasteiger partial charge is 0.485 e. The van der Waals surface area contributed by atoms with Gasteiger partial charge in [-0.25, -0.2) is 0 Å². The Morgan fingerprint density at radius 3 is 2.18 bits per heavy atom. The molecule has 0 radical (unpaired) electrons. The third-order valence-corrected chi connectivity index (χ3v) is 5.87. The second-order valence-corrected chi connectivity index (χ2v) is 8.02. The Labute approximate surface area is 192 Å². The summed E-state index contributed by atoms with van der Waals surface area (Å²) in [4.78, 5) is 29.8. The van der Waals surface area contributed by atoms with E-state index in [2.05, 4.69) is 5.32 Å². The monoisotopic (exact) mass is 443 g/mol. The number of anilines is 2. The van der Waals surface area contributed by atoms with Crippen molar-refractivity contribution >= 4 is 23.2 Å². The molecule has 0 aliphatic carbocycles. The van der Waals surface area contributed by atoms with Crippen LogP contribution in [0.5, 0.6) is 11.5 Å². The summed E-state index contributed by atoms with van der Waals surface area (Å²) >= 11 is 0. The Morgan fingerprint density at radius 1 is 0.758 bits per heavy atom. The maximum atomic E-state index is 13.3. The summed E-state index contributed by atoms with van der Waals surface area (Å²) in [5, 5.41) is 3.33. The van der Waals surface area contributed by atoms with Crippen LogP contribution in [0, 0.1) is 0 Å². The lowest BCUT2D eigenvalue weighted by Gasteiger charge is -2.37. The Bertz CT molecular complexity index is 1140. The number of hydrogen-bond acceptors (Lipinski definition) is 5. The average molecular weight is 444 g/mol. The molecule has 5 rings (SSSR count). The van der Waals surface area contributed by atoms with Crippen LogP contribution in [0.15, 0.2) is 78.9 Å². The zero-order valence-electron chi connectivity index (χ0n) is 18.1. The summed E-state index contributed by atoms with van der Waals surface area (Å²) < 4.78 is 11.5. The minimum Gasteiger partial charge on any atom is -0.485 e. The number of carbonyl (C=O) groups is 2. The first-order valence-corrected chi connectivity index (χ1v) is 11.1. The summed E-state index contributed by atoms with van der Waals surface area (Å²) in [6.45, 7) is 2.04. The van der Waals surface area contributed by atoms with Crippen LogP contribution >= 0.6 is 0 Å². The van der Waals surface area contributed by atoms with Crippen LogP contribution in [0.25, 0.3) is 0 Å². The van der Waals surface area contributed by atoms with E-state index >= 15 is 0 Å². The van der Waals surface area contributed by atoms with Crippen molar-refractivity contribution in [1.29, 1.82) is 0 Å². The van der Waals surface area contributed by atoms with E-state index in [0.717, 1.165) is 11.4 Å². The number of benzene rings is 3. The van der Waals surface area contributed by atoms with Gasteiger partial charge in [-0.3, -0.25) is 9.59 Å². The van der Waals surface area contributed by atoms with Crippen molar-refractivity contribution in [2.24, 2.45) is 0 Å². The van der Waals surface area contributed by atoms with E-state index in [-0.39, 0.29) is 18.4 Å². The molecule has 3 aromatic carbocycles. The van der Waals surface area contributed by atoms with Gasteiger partial charge in [0.2, 0.25) is 6.10 Å². The molecule has 1 N–H and O–H groups in total. The maximum Gasteiger partial charge on any atom is 0.267 e. The van der Waals surface area contributed by atoms with Gasteiger partial charge < -0.3 is 24.6 Å². The molecule has 1 fully saturated rings. The van der Waals surface area contributed by atoms with Gasteiger partial charge in [0.25, 0.3) is 11.8 Å². The first-order valence-electron chi connectivity index (χ1n) is 11.1. The van der Waals surface area contributed by atoms with Crippen LogP contribution in [-0.4, -0.2) is 60.5 Å². The highest BCUT2D eigenvalue weighted by Crippen LogP contribution is 2.31. The molecule has 1 atom stereocenters. The predicted molar refractivity (Wildman–Crippen MR) is 125 cm³/mol. The van der Waals surface area contributed by atoms with Crippen molar-refractivity contribution < 1.29 is 19.1 Å². The summed E-state index contributed by atoms with van der Waals surface area (Å²) in [6.07, 6.45) is -0.669. The quantitative estimate of drug-likeness (QED) is 0.668. The van der Waals surface area contributed by atoms with Crippen LogP contribution in [0.3, 0.4) is 0 Å². The van der Waals surface area contributed by atoms with Gasteiger partial charge in [0.1, 0.15) is 6.61 Å². The predicted octanol–water partition coefficient (Wildman–Crippen LogP) is 3.55.